The fourth-order valence-corrected chi connectivity index (χ4v) is 2.54. The largest absolute Gasteiger partial charge is 0.339 e. The Morgan fingerprint density at radius 1 is 1.38 bits per heavy atom. The van der Waals surface area contributed by atoms with Crippen molar-refractivity contribution in [1.82, 2.24) is 20.8 Å². The highest BCUT2D eigenvalue weighted by molar-refractivity contribution is 5.74. The highest BCUT2D eigenvalue weighted by atomic mass is 19.1. The fourth-order valence-electron chi connectivity index (χ4n) is 2.54. The fraction of sp³-hybridized carbons (Fsp3) is 0.471. The zero-order valence-corrected chi connectivity index (χ0v) is 13.8. The molecule has 1 aliphatic rings. The molecule has 0 bridgehead atoms. The van der Waals surface area contributed by atoms with Crippen molar-refractivity contribution in [2.75, 3.05) is 6.54 Å². The van der Waals surface area contributed by atoms with Gasteiger partial charge in [-0.25, -0.2) is 9.18 Å². The third-order valence-corrected chi connectivity index (χ3v) is 4.03. The molecule has 6 nitrogen and oxygen atoms in total. The minimum absolute atomic E-state index is 0.103. The molecule has 1 saturated carbocycles. The average Bonchev–Trinajstić information content (AvgIpc) is 3.12. The predicted molar refractivity (Wildman–Crippen MR) is 86.2 cm³/mol. The lowest BCUT2D eigenvalue weighted by molar-refractivity contribution is 0.240. The van der Waals surface area contributed by atoms with E-state index >= 15 is 0 Å². The number of benzene rings is 1. The van der Waals surface area contributed by atoms with Crippen molar-refractivity contribution in [3.63, 3.8) is 0 Å². The summed E-state index contributed by atoms with van der Waals surface area (Å²) in [6.45, 7) is 4.42. The summed E-state index contributed by atoms with van der Waals surface area (Å²) in [5.41, 5.74) is 1.05. The van der Waals surface area contributed by atoms with E-state index in [1.165, 1.54) is 12.1 Å². The van der Waals surface area contributed by atoms with Crippen LogP contribution in [0.15, 0.2) is 28.8 Å². The summed E-state index contributed by atoms with van der Waals surface area (Å²) in [6.07, 6.45) is 1.37. The quantitative estimate of drug-likeness (QED) is 0.852. The molecule has 2 N–H and O–H groups in total. The zero-order valence-electron chi connectivity index (χ0n) is 13.8. The zero-order chi connectivity index (χ0) is 17.1. The number of amides is 2. The molecule has 2 atom stereocenters. The summed E-state index contributed by atoms with van der Waals surface area (Å²) in [5.74, 6) is 1.44. The van der Waals surface area contributed by atoms with Crippen LogP contribution in [0.25, 0.3) is 0 Å². The minimum Gasteiger partial charge on any atom is -0.339 e. The Labute approximate surface area is 139 Å². The summed E-state index contributed by atoms with van der Waals surface area (Å²) in [6, 6.07) is 6.31. The number of carbonyl (C=O) groups excluding carboxylic acids is 1. The van der Waals surface area contributed by atoms with Crippen molar-refractivity contribution < 1.29 is 13.7 Å². The molecule has 3 rings (SSSR count). The van der Waals surface area contributed by atoms with Crippen LogP contribution in [-0.4, -0.2) is 28.8 Å². The molecule has 2 aromatic rings. The molecule has 1 fully saturated rings. The molecule has 1 aromatic heterocycles. The first-order chi connectivity index (χ1) is 11.5. The van der Waals surface area contributed by atoms with Crippen molar-refractivity contribution in [1.29, 1.82) is 0 Å². The molecule has 0 saturated heterocycles. The first-order valence-electron chi connectivity index (χ1n) is 8.15. The topological polar surface area (TPSA) is 80.0 Å². The normalized spacial score (nSPS) is 19.3. The van der Waals surface area contributed by atoms with Gasteiger partial charge in [-0.05, 0) is 24.1 Å². The van der Waals surface area contributed by atoms with Gasteiger partial charge in [0.05, 0.1) is 0 Å². The van der Waals surface area contributed by atoms with Crippen molar-refractivity contribution in [2.45, 2.75) is 44.6 Å². The van der Waals surface area contributed by atoms with Gasteiger partial charge in [0.25, 0.3) is 0 Å². The van der Waals surface area contributed by atoms with Gasteiger partial charge in [-0.2, -0.15) is 4.98 Å². The molecule has 1 aromatic carbocycles. The maximum absolute atomic E-state index is 12.9. The van der Waals surface area contributed by atoms with Gasteiger partial charge in [0.2, 0.25) is 5.89 Å². The number of hydrogen-bond donors (Lipinski definition) is 2. The van der Waals surface area contributed by atoms with E-state index < -0.39 is 0 Å². The van der Waals surface area contributed by atoms with E-state index in [0.29, 0.717) is 24.7 Å². The molecule has 1 aliphatic carbocycles. The second-order valence-electron chi connectivity index (χ2n) is 6.35. The number of carbonyl (C=O) groups is 1. The average molecular weight is 332 g/mol. The number of urea groups is 1. The minimum atomic E-state index is -0.247. The van der Waals surface area contributed by atoms with Crippen LogP contribution in [0.3, 0.4) is 0 Å². The molecule has 1 heterocycles. The van der Waals surface area contributed by atoms with Gasteiger partial charge < -0.3 is 15.2 Å². The highest BCUT2D eigenvalue weighted by Crippen LogP contribution is 2.40. The van der Waals surface area contributed by atoms with E-state index in [9.17, 15) is 9.18 Å². The van der Waals surface area contributed by atoms with Gasteiger partial charge in [-0.1, -0.05) is 31.1 Å². The number of hydrogen-bond acceptors (Lipinski definition) is 4. The Hall–Kier alpha value is -2.44. The predicted octanol–water partition coefficient (Wildman–Crippen LogP) is 2.73. The molecule has 2 amide bonds. The summed E-state index contributed by atoms with van der Waals surface area (Å²) < 4.78 is 18.0. The second kappa shape index (κ2) is 6.98. The van der Waals surface area contributed by atoms with Gasteiger partial charge in [-0.15, -0.1) is 0 Å². The SMILES string of the molecule is CC(C)c1noc(CCNC(=O)N[C@@H]2C[C@H]2c2ccc(F)cc2)n1. The van der Waals surface area contributed by atoms with Crippen LogP contribution in [0.4, 0.5) is 9.18 Å². The maximum atomic E-state index is 12.9. The number of rotatable bonds is 6. The van der Waals surface area contributed by atoms with Crippen molar-refractivity contribution in [2.24, 2.45) is 0 Å². The van der Waals surface area contributed by atoms with Gasteiger partial charge in [0.15, 0.2) is 5.82 Å². The van der Waals surface area contributed by atoms with Crippen LogP contribution < -0.4 is 10.6 Å². The first kappa shape index (κ1) is 16.4. The summed E-state index contributed by atoms with van der Waals surface area (Å²) >= 11 is 0. The number of halogens is 1. The van der Waals surface area contributed by atoms with Crippen LogP contribution in [0.1, 0.15) is 49.4 Å². The molecular formula is C17H21FN4O2. The monoisotopic (exact) mass is 332 g/mol. The van der Waals surface area contributed by atoms with Gasteiger partial charge in [0.1, 0.15) is 5.82 Å². The lowest BCUT2D eigenvalue weighted by atomic mass is 10.1. The lowest BCUT2D eigenvalue weighted by Crippen LogP contribution is -2.38. The highest BCUT2D eigenvalue weighted by Gasteiger charge is 2.39. The second-order valence-corrected chi connectivity index (χ2v) is 6.35. The molecule has 0 aliphatic heterocycles. The van der Waals surface area contributed by atoms with Gasteiger partial charge in [0, 0.05) is 30.8 Å². The van der Waals surface area contributed by atoms with E-state index in [1.807, 2.05) is 13.8 Å². The Kier molecular flexibility index (Phi) is 4.78. The molecular weight excluding hydrogens is 311 g/mol. The third kappa shape index (κ3) is 4.10. The van der Waals surface area contributed by atoms with Crippen LogP contribution in [0, 0.1) is 5.82 Å². The Morgan fingerprint density at radius 2 is 2.12 bits per heavy atom. The van der Waals surface area contributed by atoms with Crippen LogP contribution >= 0.6 is 0 Å². The molecule has 0 radical (unpaired) electrons. The van der Waals surface area contributed by atoms with Crippen molar-refractivity contribution in [3.8, 4) is 0 Å². The standard InChI is InChI=1S/C17H21FN4O2/c1-10(2)16-21-15(24-22-16)7-8-19-17(23)20-14-9-13(14)11-3-5-12(18)6-4-11/h3-6,10,13-14H,7-9H2,1-2H3,(H2,19,20,23)/t13-,14+/m0/s1. The van der Waals surface area contributed by atoms with Crippen molar-refractivity contribution in [3.05, 3.63) is 47.4 Å². The van der Waals surface area contributed by atoms with Gasteiger partial charge >= 0.3 is 6.03 Å². The van der Waals surface area contributed by atoms with E-state index in [2.05, 4.69) is 20.8 Å². The molecule has 0 unspecified atom stereocenters. The summed E-state index contributed by atoms with van der Waals surface area (Å²) in [7, 11) is 0. The Bertz CT molecular complexity index is 699. The maximum Gasteiger partial charge on any atom is 0.315 e. The molecule has 0 spiro atoms. The Balaban J connectivity index is 1.38. The summed E-state index contributed by atoms with van der Waals surface area (Å²) in [4.78, 5) is 16.1. The molecule has 128 valence electrons. The number of nitrogens with zero attached hydrogens (tertiary/aromatic N) is 2. The lowest BCUT2D eigenvalue weighted by Gasteiger charge is -2.06. The summed E-state index contributed by atoms with van der Waals surface area (Å²) in [5, 5.41) is 9.58. The number of aromatic nitrogens is 2. The van der Waals surface area contributed by atoms with E-state index in [1.54, 1.807) is 12.1 Å². The molecule has 7 heteroatoms. The first-order valence-corrected chi connectivity index (χ1v) is 8.15. The smallest absolute Gasteiger partial charge is 0.315 e. The van der Waals surface area contributed by atoms with Gasteiger partial charge in [-0.3, -0.25) is 0 Å². The van der Waals surface area contributed by atoms with Crippen LogP contribution in [0.5, 0.6) is 0 Å². The Morgan fingerprint density at radius 3 is 2.79 bits per heavy atom. The van der Waals surface area contributed by atoms with Crippen LogP contribution in [0.2, 0.25) is 0 Å². The third-order valence-electron chi connectivity index (χ3n) is 4.03. The van der Waals surface area contributed by atoms with E-state index in [0.717, 1.165) is 12.0 Å². The van der Waals surface area contributed by atoms with E-state index in [-0.39, 0.29) is 29.7 Å². The number of nitrogens with one attached hydrogen (secondary N) is 2. The van der Waals surface area contributed by atoms with Crippen molar-refractivity contribution >= 4 is 6.03 Å². The molecule has 24 heavy (non-hydrogen) atoms. The van der Waals surface area contributed by atoms with E-state index in [4.69, 9.17) is 4.52 Å². The van der Waals surface area contributed by atoms with Crippen LogP contribution in [-0.2, 0) is 6.42 Å².